The Morgan fingerprint density at radius 2 is 2.38 bits per heavy atom. The van der Waals surface area contributed by atoms with Gasteiger partial charge in [0.05, 0.1) is 30.6 Å². The lowest BCUT2D eigenvalue weighted by molar-refractivity contribution is 0.0643. The molecule has 2 rings (SSSR count). The smallest absolute Gasteiger partial charge is 0.0694 e. The number of halogens is 1. The fourth-order valence-corrected chi connectivity index (χ4v) is 2.30. The van der Waals surface area contributed by atoms with Gasteiger partial charge in [-0.15, -0.1) is 11.6 Å². The Balaban J connectivity index is 2.34. The molecule has 4 heteroatoms. The first kappa shape index (κ1) is 11.7. The summed E-state index contributed by atoms with van der Waals surface area (Å²) in [6.45, 7) is 6.75. The van der Waals surface area contributed by atoms with E-state index < -0.39 is 0 Å². The molecule has 0 radical (unpaired) electrons. The third-order valence-corrected chi connectivity index (χ3v) is 3.26. The molecule has 0 atom stereocenters. The number of pyridine rings is 1. The van der Waals surface area contributed by atoms with Crippen LogP contribution < -0.4 is 4.90 Å². The Bertz CT molecular complexity index is 368. The highest BCUT2D eigenvalue weighted by Crippen LogP contribution is 2.29. The highest BCUT2D eigenvalue weighted by atomic mass is 35.5. The summed E-state index contributed by atoms with van der Waals surface area (Å²) in [5.74, 6) is 0.519. The number of ether oxygens (including phenoxy) is 1. The van der Waals surface area contributed by atoms with Gasteiger partial charge in [0.25, 0.3) is 0 Å². The van der Waals surface area contributed by atoms with Crippen LogP contribution in [-0.2, 0) is 10.6 Å². The molecule has 1 aliphatic rings. The van der Waals surface area contributed by atoms with Gasteiger partial charge in [0, 0.05) is 18.6 Å². The zero-order valence-corrected chi connectivity index (χ0v) is 10.5. The van der Waals surface area contributed by atoms with Crippen molar-refractivity contribution >= 4 is 17.3 Å². The van der Waals surface area contributed by atoms with Crippen molar-refractivity contribution in [3.05, 3.63) is 24.0 Å². The summed E-state index contributed by atoms with van der Waals surface area (Å²) in [5.41, 5.74) is 2.26. The van der Waals surface area contributed by atoms with Gasteiger partial charge in [0.1, 0.15) is 0 Å². The molecule has 1 aromatic heterocycles. The van der Waals surface area contributed by atoms with Gasteiger partial charge < -0.3 is 9.64 Å². The minimum Gasteiger partial charge on any atom is -0.377 e. The van der Waals surface area contributed by atoms with E-state index >= 15 is 0 Å². The molecule has 1 saturated heterocycles. The monoisotopic (exact) mass is 240 g/mol. The number of hydrogen-bond donors (Lipinski definition) is 0. The maximum Gasteiger partial charge on any atom is 0.0694 e. The van der Waals surface area contributed by atoms with Crippen LogP contribution in [0.25, 0.3) is 0 Å². The molecule has 1 fully saturated rings. The van der Waals surface area contributed by atoms with Gasteiger partial charge in [0.15, 0.2) is 0 Å². The Kier molecular flexibility index (Phi) is 3.36. The SMILES string of the molecule is CC1(C)COCCN1c1cnccc1CCl. The highest BCUT2D eigenvalue weighted by molar-refractivity contribution is 6.17. The van der Waals surface area contributed by atoms with Crippen molar-refractivity contribution in [1.29, 1.82) is 0 Å². The zero-order chi connectivity index (χ0) is 11.6. The predicted molar refractivity (Wildman–Crippen MR) is 66.0 cm³/mol. The molecular weight excluding hydrogens is 224 g/mol. The van der Waals surface area contributed by atoms with Gasteiger partial charge in [0.2, 0.25) is 0 Å². The van der Waals surface area contributed by atoms with Crippen molar-refractivity contribution in [2.45, 2.75) is 25.3 Å². The number of nitrogens with zero attached hydrogens (tertiary/aromatic N) is 2. The molecule has 88 valence electrons. The number of rotatable bonds is 2. The van der Waals surface area contributed by atoms with E-state index in [1.807, 2.05) is 12.3 Å². The number of alkyl halides is 1. The molecule has 0 N–H and O–H groups in total. The van der Waals surface area contributed by atoms with E-state index in [4.69, 9.17) is 16.3 Å². The molecule has 0 aliphatic carbocycles. The molecule has 2 heterocycles. The van der Waals surface area contributed by atoms with E-state index in [1.165, 1.54) is 0 Å². The van der Waals surface area contributed by atoms with E-state index in [9.17, 15) is 0 Å². The standard InChI is InChI=1S/C12H17ClN2O/c1-12(2)9-16-6-5-15(12)11-8-14-4-3-10(11)7-13/h3-4,8H,5-7,9H2,1-2H3. The van der Waals surface area contributed by atoms with Crippen LogP contribution in [0, 0.1) is 0 Å². The van der Waals surface area contributed by atoms with Crippen LogP contribution in [0.15, 0.2) is 18.5 Å². The minimum absolute atomic E-state index is 0.00208. The minimum atomic E-state index is 0.00208. The van der Waals surface area contributed by atoms with Crippen LogP contribution in [0.1, 0.15) is 19.4 Å². The molecule has 0 unspecified atom stereocenters. The molecule has 3 nitrogen and oxygen atoms in total. The summed E-state index contributed by atoms with van der Waals surface area (Å²) in [5, 5.41) is 0. The van der Waals surface area contributed by atoms with Gasteiger partial charge in [-0.2, -0.15) is 0 Å². The molecule has 0 amide bonds. The average molecular weight is 241 g/mol. The van der Waals surface area contributed by atoms with Gasteiger partial charge in [-0.3, -0.25) is 4.98 Å². The first-order valence-electron chi connectivity index (χ1n) is 5.49. The van der Waals surface area contributed by atoms with Crippen molar-refractivity contribution < 1.29 is 4.74 Å². The topological polar surface area (TPSA) is 25.4 Å². The van der Waals surface area contributed by atoms with Crippen molar-refractivity contribution in [2.75, 3.05) is 24.7 Å². The van der Waals surface area contributed by atoms with Crippen molar-refractivity contribution in [3.63, 3.8) is 0 Å². The summed E-state index contributed by atoms with van der Waals surface area (Å²) in [6, 6.07) is 1.98. The van der Waals surface area contributed by atoms with Gasteiger partial charge >= 0.3 is 0 Å². The third-order valence-electron chi connectivity index (χ3n) is 2.97. The highest BCUT2D eigenvalue weighted by Gasteiger charge is 2.31. The number of anilines is 1. The normalized spacial score (nSPS) is 19.8. The van der Waals surface area contributed by atoms with Crippen LogP contribution in [0.2, 0.25) is 0 Å². The fraction of sp³-hybridized carbons (Fsp3) is 0.583. The summed E-state index contributed by atoms with van der Waals surface area (Å²) in [7, 11) is 0. The number of hydrogen-bond acceptors (Lipinski definition) is 3. The van der Waals surface area contributed by atoms with E-state index in [2.05, 4.69) is 23.7 Å². The molecule has 0 bridgehead atoms. The average Bonchev–Trinajstić information content (AvgIpc) is 2.28. The Hall–Kier alpha value is -0.800. The quantitative estimate of drug-likeness (QED) is 0.743. The third kappa shape index (κ3) is 2.15. The lowest BCUT2D eigenvalue weighted by atomic mass is 10.0. The maximum absolute atomic E-state index is 5.96. The van der Waals surface area contributed by atoms with Crippen molar-refractivity contribution in [3.8, 4) is 0 Å². The second kappa shape index (κ2) is 4.60. The van der Waals surface area contributed by atoms with Crippen LogP contribution in [0.5, 0.6) is 0 Å². The zero-order valence-electron chi connectivity index (χ0n) is 9.74. The number of aromatic nitrogens is 1. The molecule has 1 aromatic rings. The summed E-state index contributed by atoms with van der Waals surface area (Å²) >= 11 is 5.96. The molecular formula is C12H17ClN2O. The van der Waals surface area contributed by atoms with Crippen molar-refractivity contribution in [2.24, 2.45) is 0 Å². The van der Waals surface area contributed by atoms with Gasteiger partial charge in [-0.05, 0) is 25.5 Å². The predicted octanol–water partition coefficient (Wildman–Crippen LogP) is 2.44. The van der Waals surface area contributed by atoms with Crippen LogP contribution in [0.3, 0.4) is 0 Å². The fourth-order valence-electron chi connectivity index (χ4n) is 2.08. The number of morpholine rings is 1. The van der Waals surface area contributed by atoms with E-state index in [1.54, 1.807) is 6.20 Å². The summed E-state index contributed by atoms with van der Waals surface area (Å²) in [6.07, 6.45) is 3.68. The maximum atomic E-state index is 5.96. The Labute approximate surface area is 101 Å². The van der Waals surface area contributed by atoms with Crippen LogP contribution >= 0.6 is 11.6 Å². The lowest BCUT2D eigenvalue weighted by Crippen LogP contribution is -2.53. The first-order chi connectivity index (χ1) is 7.65. The van der Waals surface area contributed by atoms with Gasteiger partial charge in [-0.25, -0.2) is 0 Å². The molecule has 0 aromatic carbocycles. The molecule has 16 heavy (non-hydrogen) atoms. The second-order valence-electron chi connectivity index (χ2n) is 4.65. The van der Waals surface area contributed by atoms with E-state index in [0.717, 1.165) is 31.0 Å². The molecule has 0 spiro atoms. The van der Waals surface area contributed by atoms with Gasteiger partial charge in [-0.1, -0.05) is 0 Å². The Morgan fingerprint density at radius 3 is 3.06 bits per heavy atom. The Morgan fingerprint density at radius 1 is 1.56 bits per heavy atom. The van der Waals surface area contributed by atoms with Crippen molar-refractivity contribution in [1.82, 2.24) is 4.98 Å². The summed E-state index contributed by atoms with van der Waals surface area (Å²) < 4.78 is 5.51. The van der Waals surface area contributed by atoms with Crippen LogP contribution in [0.4, 0.5) is 5.69 Å². The molecule has 1 aliphatic heterocycles. The summed E-state index contributed by atoms with van der Waals surface area (Å²) in [4.78, 5) is 6.53. The van der Waals surface area contributed by atoms with E-state index in [0.29, 0.717) is 5.88 Å². The largest absolute Gasteiger partial charge is 0.377 e. The van der Waals surface area contributed by atoms with Crippen LogP contribution in [-0.4, -0.2) is 30.3 Å². The second-order valence-corrected chi connectivity index (χ2v) is 4.92. The van der Waals surface area contributed by atoms with E-state index in [-0.39, 0.29) is 5.54 Å². The molecule has 0 saturated carbocycles. The lowest BCUT2D eigenvalue weighted by Gasteiger charge is -2.44. The first-order valence-corrected chi connectivity index (χ1v) is 6.03.